The second-order valence-corrected chi connectivity index (χ2v) is 3.36. The molecule has 0 aliphatic rings. The summed E-state index contributed by atoms with van der Waals surface area (Å²) in [4.78, 5) is 21.8. The lowest BCUT2D eigenvalue weighted by atomic mass is 10.1. The predicted molar refractivity (Wildman–Crippen MR) is 57.2 cm³/mol. The molecule has 0 heterocycles. The number of rotatable bonds is 7. The Labute approximate surface area is 90.1 Å². The summed E-state index contributed by atoms with van der Waals surface area (Å²) < 4.78 is 0. The zero-order chi connectivity index (χ0) is 11.7. The van der Waals surface area contributed by atoms with E-state index in [1.807, 2.05) is 6.92 Å². The van der Waals surface area contributed by atoms with Crippen molar-refractivity contribution in [2.24, 2.45) is 0 Å². The number of carbonyl (C=O) groups is 2. The van der Waals surface area contributed by atoms with E-state index in [0.717, 1.165) is 6.42 Å². The van der Waals surface area contributed by atoms with Crippen LogP contribution in [0.2, 0.25) is 0 Å². The number of hydrogen-bond acceptors (Lipinski definition) is 2. The molecule has 0 rings (SSSR count). The highest BCUT2D eigenvalue weighted by atomic mass is 16.4. The molecule has 1 atom stereocenters. The maximum Gasteiger partial charge on any atom is 0.305 e. The van der Waals surface area contributed by atoms with Crippen LogP contribution in [-0.4, -0.2) is 23.0 Å². The summed E-state index contributed by atoms with van der Waals surface area (Å²) in [5.74, 6) is 1.30. The van der Waals surface area contributed by atoms with Crippen LogP contribution in [0.5, 0.6) is 0 Å². The van der Waals surface area contributed by atoms with Crippen molar-refractivity contribution in [3.63, 3.8) is 0 Å². The molecule has 0 fully saturated rings. The van der Waals surface area contributed by atoms with Crippen molar-refractivity contribution in [3.05, 3.63) is 0 Å². The largest absolute Gasteiger partial charge is 0.481 e. The van der Waals surface area contributed by atoms with Gasteiger partial charge in [-0.25, -0.2) is 0 Å². The Balaban J connectivity index is 3.98. The minimum Gasteiger partial charge on any atom is -0.481 e. The van der Waals surface area contributed by atoms with Gasteiger partial charge in [0.05, 0.1) is 6.42 Å². The number of hydrogen-bond donors (Lipinski definition) is 2. The van der Waals surface area contributed by atoms with Crippen molar-refractivity contribution < 1.29 is 14.7 Å². The van der Waals surface area contributed by atoms with Crippen molar-refractivity contribution in [1.29, 1.82) is 0 Å². The van der Waals surface area contributed by atoms with Gasteiger partial charge in [-0.1, -0.05) is 13.3 Å². The molecule has 15 heavy (non-hydrogen) atoms. The van der Waals surface area contributed by atoms with E-state index in [-0.39, 0.29) is 24.8 Å². The van der Waals surface area contributed by atoms with Crippen molar-refractivity contribution in [2.75, 3.05) is 0 Å². The standard InChI is InChI=1S/C11H17NO3/c1-3-5-7-10(13)12-9(6-4-2)8-11(14)15/h1,9H,4-8H2,2H3,(H,12,13)(H,14,15). The quantitative estimate of drug-likeness (QED) is 0.621. The SMILES string of the molecule is C#CCCC(=O)NC(CCC)CC(=O)O. The lowest BCUT2D eigenvalue weighted by molar-refractivity contribution is -0.137. The summed E-state index contributed by atoms with van der Waals surface area (Å²) in [7, 11) is 0. The van der Waals surface area contributed by atoms with Gasteiger partial charge in [-0.05, 0) is 6.42 Å². The predicted octanol–water partition coefficient (Wildman–Crippen LogP) is 1.16. The molecule has 0 aromatic heterocycles. The summed E-state index contributed by atoms with van der Waals surface area (Å²) in [6, 6.07) is -0.280. The van der Waals surface area contributed by atoms with Gasteiger partial charge in [-0.2, -0.15) is 0 Å². The van der Waals surface area contributed by atoms with Crippen molar-refractivity contribution >= 4 is 11.9 Å². The molecule has 2 N–H and O–H groups in total. The third kappa shape index (κ3) is 7.56. The first kappa shape index (κ1) is 13.5. The van der Waals surface area contributed by atoms with Crippen LogP contribution < -0.4 is 5.32 Å². The van der Waals surface area contributed by atoms with Gasteiger partial charge in [0.25, 0.3) is 0 Å². The summed E-state index contributed by atoms with van der Waals surface area (Å²) >= 11 is 0. The molecule has 0 radical (unpaired) electrons. The minimum atomic E-state index is -0.898. The molecular weight excluding hydrogens is 194 g/mol. The molecule has 4 heteroatoms. The van der Waals surface area contributed by atoms with Crippen LogP contribution in [0, 0.1) is 12.3 Å². The number of carboxylic acids is 1. The van der Waals surface area contributed by atoms with Crippen molar-refractivity contribution in [2.45, 2.75) is 45.1 Å². The molecule has 0 bridgehead atoms. The topological polar surface area (TPSA) is 66.4 Å². The molecule has 1 amide bonds. The van der Waals surface area contributed by atoms with Gasteiger partial charge in [0.1, 0.15) is 0 Å². The Morgan fingerprint density at radius 1 is 1.53 bits per heavy atom. The van der Waals surface area contributed by atoms with E-state index in [2.05, 4.69) is 11.2 Å². The molecule has 1 unspecified atom stereocenters. The van der Waals surface area contributed by atoms with E-state index in [9.17, 15) is 9.59 Å². The first-order valence-corrected chi connectivity index (χ1v) is 5.04. The summed E-state index contributed by atoms with van der Waals surface area (Å²) in [5.41, 5.74) is 0. The fraction of sp³-hybridized carbons (Fsp3) is 0.636. The van der Waals surface area contributed by atoms with Crippen LogP contribution in [0.4, 0.5) is 0 Å². The summed E-state index contributed by atoms with van der Waals surface area (Å²) in [5, 5.41) is 11.3. The first-order chi connectivity index (χ1) is 7.10. The normalized spacial score (nSPS) is 11.5. The van der Waals surface area contributed by atoms with Gasteiger partial charge in [0.2, 0.25) is 5.91 Å². The second kappa shape index (κ2) is 7.86. The number of carbonyl (C=O) groups excluding carboxylic acids is 1. The number of amides is 1. The third-order valence-electron chi connectivity index (χ3n) is 1.92. The molecule has 0 aliphatic heterocycles. The van der Waals surface area contributed by atoms with Crippen LogP contribution in [-0.2, 0) is 9.59 Å². The molecule has 0 aliphatic carbocycles. The third-order valence-corrected chi connectivity index (χ3v) is 1.92. The molecule has 84 valence electrons. The number of aliphatic carboxylic acids is 1. The Bertz CT molecular complexity index is 255. The molecule has 0 aromatic carbocycles. The number of nitrogens with one attached hydrogen (secondary N) is 1. The lowest BCUT2D eigenvalue weighted by Crippen LogP contribution is -2.36. The molecule has 0 spiro atoms. The lowest BCUT2D eigenvalue weighted by Gasteiger charge is -2.15. The fourth-order valence-corrected chi connectivity index (χ4v) is 1.27. The monoisotopic (exact) mass is 211 g/mol. The van der Waals surface area contributed by atoms with Gasteiger partial charge < -0.3 is 10.4 Å². The highest BCUT2D eigenvalue weighted by Gasteiger charge is 2.14. The van der Waals surface area contributed by atoms with Crippen molar-refractivity contribution in [3.8, 4) is 12.3 Å². The zero-order valence-corrected chi connectivity index (χ0v) is 8.95. The Morgan fingerprint density at radius 2 is 2.20 bits per heavy atom. The van der Waals surface area contributed by atoms with Gasteiger partial charge in [-0.3, -0.25) is 9.59 Å². The van der Waals surface area contributed by atoms with Crippen molar-refractivity contribution in [1.82, 2.24) is 5.32 Å². The Hall–Kier alpha value is -1.50. The smallest absolute Gasteiger partial charge is 0.305 e. The zero-order valence-electron chi connectivity index (χ0n) is 8.95. The second-order valence-electron chi connectivity index (χ2n) is 3.36. The van der Waals surface area contributed by atoms with E-state index in [4.69, 9.17) is 11.5 Å². The van der Waals surface area contributed by atoms with Gasteiger partial charge in [0, 0.05) is 18.9 Å². The average molecular weight is 211 g/mol. The highest BCUT2D eigenvalue weighted by molar-refractivity contribution is 5.77. The van der Waals surface area contributed by atoms with E-state index < -0.39 is 5.97 Å². The average Bonchev–Trinajstić information content (AvgIpc) is 2.14. The summed E-state index contributed by atoms with van der Waals surface area (Å²) in [6.07, 6.45) is 7.15. The van der Waals surface area contributed by atoms with Crippen LogP contribution in [0.3, 0.4) is 0 Å². The Kier molecular flexibility index (Phi) is 7.08. The van der Waals surface area contributed by atoms with Gasteiger partial charge >= 0.3 is 5.97 Å². The van der Waals surface area contributed by atoms with E-state index in [1.54, 1.807) is 0 Å². The molecule has 0 aromatic rings. The van der Waals surface area contributed by atoms with Crippen LogP contribution in [0.15, 0.2) is 0 Å². The van der Waals surface area contributed by atoms with E-state index in [0.29, 0.717) is 12.8 Å². The first-order valence-electron chi connectivity index (χ1n) is 5.04. The number of terminal acetylenes is 1. The van der Waals surface area contributed by atoms with Crippen LogP contribution >= 0.6 is 0 Å². The van der Waals surface area contributed by atoms with Gasteiger partial charge in [0.15, 0.2) is 0 Å². The summed E-state index contributed by atoms with van der Waals surface area (Å²) in [6.45, 7) is 1.95. The van der Waals surface area contributed by atoms with E-state index in [1.165, 1.54) is 0 Å². The maximum absolute atomic E-state index is 11.3. The molecule has 0 saturated carbocycles. The molecule has 4 nitrogen and oxygen atoms in total. The van der Waals surface area contributed by atoms with Gasteiger partial charge in [-0.15, -0.1) is 12.3 Å². The van der Waals surface area contributed by atoms with E-state index >= 15 is 0 Å². The Morgan fingerprint density at radius 3 is 2.67 bits per heavy atom. The highest BCUT2D eigenvalue weighted by Crippen LogP contribution is 2.02. The molecular formula is C11H17NO3. The minimum absolute atomic E-state index is 0.0321. The van der Waals surface area contributed by atoms with Crippen LogP contribution in [0.1, 0.15) is 39.0 Å². The maximum atomic E-state index is 11.3. The van der Waals surface area contributed by atoms with Crippen LogP contribution in [0.25, 0.3) is 0 Å². The molecule has 0 saturated heterocycles. The number of carboxylic acid groups (broad SMARTS) is 1. The fourth-order valence-electron chi connectivity index (χ4n) is 1.27.